The minimum absolute atomic E-state index is 0.0786. The number of likely N-dealkylation sites (tertiary alicyclic amines) is 1. The van der Waals surface area contributed by atoms with E-state index in [2.05, 4.69) is 9.97 Å². The molecule has 7 nitrogen and oxygen atoms in total. The minimum atomic E-state index is -0.0786. The van der Waals surface area contributed by atoms with Crippen LogP contribution in [-0.4, -0.2) is 54.2 Å². The molecule has 0 spiro atoms. The molecule has 1 saturated heterocycles. The maximum Gasteiger partial charge on any atom is 0.235 e. The lowest BCUT2D eigenvalue weighted by molar-refractivity contribution is -0.133. The fraction of sp³-hybridized carbons (Fsp3) is 0.450. The fourth-order valence-corrected chi connectivity index (χ4v) is 3.12. The van der Waals surface area contributed by atoms with Crippen LogP contribution in [-0.2, 0) is 11.2 Å². The van der Waals surface area contributed by atoms with E-state index in [9.17, 15) is 4.79 Å². The SMILES string of the molecule is COc1ccc(CCC(=O)N2CCC[C@@H](Oc3cncc(OC)n3)C2)cc1. The van der Waals surface area contributed by atoms with Gasteiger partial charge in [0.1, 0.15) is 11.9 Å². The monoisotopic (exact) mass is 371 g/mol. The summed E-state index contributed by atoms with van der Waals surface area (Å²) in [4.78, 5) is 22.7. The van der Waals surface area contributed by atoms with Gasteiger partial charge in [-0.2, -0.15) is 4.98 Å². The lowest BCUT2D eigenvalue weighted by Crippen LogP contribution is -2.44. The molecule has 1 aromatic carbocycles. The Morgan fingerprint density at radius 1 is 1.15 bits per heavy atom. The molecule has 0 unspecified atom stereocenters. The molecule has 0 aliphatic carbocycles. The number of carbonyl (C=O) groups excluding carboxylic acids is 1. The van der Waals surface area contributed by atoms with Crippen molar-refractivity contribution in [3.8, 4) is 17.5 Å². The summed E-state index contributed by atoms with van der Waals surface area (Å²) in [7, 11) is 3.18. The lowest BCUT2D eigenvalue weighted by Gasteiger charge is -2.32. The Hall–Kier alpha value is -2.83. The number of ether oxygens (including phenoxy) is 3. The zero-order chi connectivity index (χ0) is 19.1. The molecule has 1 aromatic heterocycles. The third-order valence-electron chi connectivity index (χ3n) is 4.60. The summed E-state index contributed by atoms with van der Waals surface area (Å²) in [5.41, 5.74) is 1.13. The Bertz CT molecular complexity index is 751. The number of methoxy groups -OCH3 is 2. The largest absolute Gasteiger partial charge is 0.497 e. The van der Waals surface area contributed by atoms with Crippen molar-refractivity contribution in [2.75, 3.05) is 27.3 Å². The van der Waals surface area contributed by atoms with Crippen LogP contribution >= 0.6 is 0 Å². The summed E-state index contributed by atoms with van der Waals surface area (Å²) in [5.74, 6) is 1.81. The highest BCUT2D eigenvalue weighted by atomic mass is 16.5. The normalized spacial score (nSPS) is 16.7. The summed E-state index contributed by atoms with van der Waals surface area (Å²) >= 11 is 0. The molecule has 1 aliphatic rings. The Morgan fingerprint density at radius 3 is 2.67 bits per heavy atom. The van der Waals surface area contributed by atoms with Gasteiger partial charge in [-0.25, -0.2) is 0 Å². The average Bonchev–Trinajstić information content (AvgIpc) is 2.72. The van der Waals surface area contributed by atoms with Gasteiger partial charge >= 0.3 is 0 Å². The van der Waals surface area contributed by atoms with Crippen molar-refractivity contribution in [3.05, 3.63) is 42.2 Å². The highest BCUT2D eigenvalue weighted by molar-refractivity contribution is 5.76. The van der Waals surface area contributed by atoms with Crippen LogP contribution < -0.4 is 14.2 Å². The van der Waals surface area contributed by atoms with Crippen LogP contribution in [0.25, 0.3) is 0 Å². The number of aryl methyl sites for hydroxylation is 1. The van der Waals surface area contributed by atoms with E-state index in [-0.39, 0.29) is 12.0 Å². The number of amides is 1. The first-order valence-corrected chi connectivity index (χ1v) is 9.11. The molecule has 1 fully saturated rings. The maximum absolute atomic E-state index is 12.6. The second-order valence-electron chi connectivity index (χ2n) is 6.47. The van der Waals surface area contributed by atoms with Crippen molar-refractivity contribution >= 4 is 5.91 Å². The van der Waals surface area contributed by atoms with Gasteiger partial charge in [0.2, 0.25) is 17.7 Å². The second kappa shape index (κ2) is 9.21. The number of piperidine rings is 1. The molecule has 1 amide bonds. The van der Waals surface area contributed by atoms with Gasteiger partial charge in [0.15, 0.2) is 0 Å². The molecule has 144 valence electrons. The van der Waals surface area contributed by atoms with E-state index in [0.717, 1.165) is 30.7 Å². The Morgan fingerprint density at radius 2 is 1.93 bits per heavy atom. The highest BCUT2D eigenvalue weighted by Gasteiger charge is 2.25. The molecule has 0 N–H and O–H groups in total. The molecular formula is C20H25N3O4. The molecular weight excluding hydrogens is 346 g/mol. The molecule has 2 aromatic rings. The Kier molecular flexibility index (Phi) is 6.46. The van der Waals surface area contributed by atoms with E-state index in [0.29, 0.717) is 31.1 Å². The van der Waals surface area contributed by atoms with Gasteiger partial charge in [0, 0.05) is 13.0 Å². The molecule has 0 radical (unpaired) electrons. The van der Waals surface area contributed by atoms with Crippen LogP contribution in [0.4, 0.5) is 0 Å². The quantitative estimate of drug-likeness (QED) is 0.745. The van der Waals surface area contributed by atoms with Crippen molar-refractivity contribution < 1.29 is 19.0 Å². The van der Waals surface area contributed by atoms with Crippen molar-refractivity contribution in [2.24, 2.45) is 0 Å². The van der Waals surface area contributed by atoms with Gasteiger partial charge < -0.3 is 19.1 Å². The first kappa shape index (κ1) is 18.9. The van der Waals surface area contributed by atoms with Gasteiger partial charge in [0.05, 0.1) is 33.2 Å². The van der Waals surface area contributed by atoms with E-state index >= 15 is 0 Å². The zero-order valence-electron chi connectivity index (χ0n) is 15.8. The van der Waals surface area contributed by atoms with Crippen LogP contribution in [0, 0.1) is 0 Å². The van der Waals surface area contributed by atoms with E-state index in [1.807, 2.05) is 29.2 Å². The predicted molar refractivity (Wildman–Crippen MR) is 100 cm³/mol. The molecule has 1 atom stereocenters. The summed E-state index contributed by atoms with van der Waals surface area (Å²) < 4.78 is 16.1. The molecule has 0 saturated carbocycles. The summed E-state index contributed by atoms with van der Waals surface area (Å²) in [6.07, 6.45) is 6.02. The van der Waals surface area contributed by atoms with Crippen LogP contribution in [0.15, 0.2) is 36.7 Å². The van der Waals surface area contributed by atoms with E-state index < -0.39 is 0 Å². The number of nitrogens with zero attached hydrogens (tertiary/aromatic N) is 3. The number of benzene rings is 1. The molecule has 0 bridgehead atoms. The topological polar surface area (TPSA) is 73.8 Å². The van der Waals surface area contributed by atoms with Crippen LogP contribution in [0.3, 0.4) is 0 Å². The highest BCUT2D eigenvalue weighted by Crippen LogP contribution is 2.19. The Balaban J connectivity index is 1.51. The summed E-state index contributed by atoms with van der Waals surface area (Å²) in [6, 6.07) is 7.82. The average molecular weight is 371 g/mol. The van der Waals surface area contributed by atoms with Gasteiger partial charge in [0.25, 0.3) is 0 Å². The number of hydrogen-bond acceptors (Lipinski definition) is 6. The zero-order valence-corrected chi connectivity index (χ0v) is 15.8. The van der Waals surface area contributed by atoms with Gasteiger partial charge in [-0.3, -0.25) is 9.78 Å². The Labute approximate surface area is 159 Å². The third-order valence-corrected chi connectivity index (χ3v) is 4.60. The van der Waals surface area contributed by atoms with Gasteiger partial charge in [-0.15, -0.1) is 0 Å². The van der Waals surface area contributed by atoms with E-state index in [1.165, 1.54) is 13.3 Å². The predicted octanol–water partition coefficient (Wildman–Crippen LogP) is 2.50. The molecule has 1 aliphatic heterocycles. The number of rotatable bonds is 7. The fourth-order valence-electron chi connectivity index (χ4n) is 3.12. The van der Waals surface area contributed by atoms with Gasteiger partial charge in [-0.05, 0) is 37.0 Å². The van der Waals surface area contributed by atoms with Crippen molar-refractivity contribution in [1.29, 1.82) is 0 Å². The molecule has 7 heteroatoms. The second-order valence-corrected chi connectivity index (χ2v) is 6.47. The maximum atomic E-state index is 12.6. The standard InChI is InChI=1S/C20H25N3O4/c1-25-16-8-5-15(6-9-16)7-10-20(24)23-11-3-4-17(14-23)27-19-13-21-12-18(22-19)26-2/h5-6,8-9,12-13,17H,3-4,7,10-11,14H2,1-2H3/t17-/m1/s1. The number of carbonyl (C=O) groups is 1. The van der Waals surface area contributed by atoms with Crippen molar-refractivity contribution in [2.45, 2.75) is 31.8 Å². The number of aromatic nitrogens is 2. The smallest absolute Gasteiger partial charge is 0.235 e. The van der Waals surface area contributed by atoms with E-state index in [4.69, 9.17) is 14.2 Å². The van der Waals surface area contributed by atoms with Crippen molar-refractivity contribution in [3.63, 3.8) is 0 Å². The van der Waals surface area contributed by atoms with E-state index in [1.54, 1.807) is 13.3 Å². The number of hydrogen-bond donors (Lipinski definition) is 0. The van der Waals surface area contributed by atoms with Crippen LogP contribution in [0.1, 0.15) is 24.8 Å². The molecule has 2 heterocycles. The first-order chi connectivity index (χ1) is 13.2. The molecule has 27 heavy (non-hydrogen) atoms. The summed E-state index contributed by atoms with van der Waals surface area (Å²) in [6.45, 7) is 1.34. The van der Waals surface area contributed by atoms with Gasteiger partial charge in [-0.1, -0.05) is 12.1 Å². The van der Waals surface area contributed by atoms with Crippen LogP contribution in [0.2, 0.25) is 0 Å². The van der Waals surface area contributed by atoms with Crippen LogP contribution in [0.5, 0.6) is 17.5 Å². The third kappa shape index (κ3) is 5.32. The minimum Gasteiger partial charge on any atom is -0.497 e. The molecule has 3 rings (SSSR count). The first-order valence-electron chi connectivity index (χ1n) is 9.11. The summed E-state index contributed by atoms with van der Waals surface area (Å²) in [5, 5.41) is 0. The van der Waals surface area contributed by atoms with Crippen molar-refractivity contribution in [1.82, 2.24) is 14.9 Å². The lowest BCUT2D eigenvalue weighted by atomic mass is 10.1.